The van der Waals surface area contributed by atoms with Crippen LogP contribution in [-0.2, 0) is 11.4 Å². The minimum atomic E-state index is -1.75. The van der Waals surface area contributed by atoms with Crippen molar-refractivity contribution in [3.05, 3.63) is 0 Å². The zero-order chi connectivity index (χ0) is 8.12. The summed E-state index contributed by atoms with van der Waals surface area (Å²) in [5.41, 5.74) is 0. The van der Waals surface area contributed by atoms with Crippen molar-refractivity contribution in [2.45, 2.75) is 0 Å². The molecule has 0 N–H and O–H groups in total. The van der Waals surface area contributed by atoms with Gasteiger partial charge >= 0.3 is 106 Å². The first-order valence-electron chi connectivity index (χ1n) is 1.41. The van der Waals surface area contributed by atoms with Crippen LogP contribution in [0.25, 0.3) is 0 Å². The van der Waals surface area contributed by atoms with Gasteiger partial charge in [0, 0.05) is 39.9 Å². The van der Waals surface area contributed by atoms with Crippen LogP contribution in [0.3, 0.4) is 0 Å². The van der Waals surface area contributed by atoms with E-state index in [-0.39, 0.29) is 75.5 Å². The molecule has 0 aliphatic rings. The molecule has 0 aliphatic carbocycles. The fourth-order valence-electron chi connectivity index (χ4n) is 0. The summed E-state index contributed by atoms with van der Waals surface area (Å²) in [6, 6.07) is 0. The van der Waals surface area contributed by atoms with E-state index in [1.807, 2.05) is 0 Å². The number of hydrogen-bond acceptors (Lipinski definition) is 6. The predicted molar refractivity (Wildman–Crippen MR) is 19.3 cm³/mol. The van der Waals surface area contributed by atoms with Crippen molar-refractivity contribution in [2.75, 3.05) is 0 Å². The quantitative estimate of drug-likeness (QED) is 0.325. The van der Waals surface area contributed by atoms with E-state index in [9.17, 15) is 0 Å². The molecule has 0 unspecified atom stereocenters. The van der Waals surface area contributed by atoms with Gasteiger partial charge < -0.3 is 0 Å². The summed E-state index contributed by atoms with van der Waals surface area (Å²) in [7, 11) is 0. The van der Waals surface area contributed by atoms with E-state index in [4.69, 9.17) is 23.9 Å². The van der Waals surface area contributed by atoms with Gasteiger partial charge in [-0.2, -0.15) is 0 Å². The Hall–Kier alpha value is 2.92. The topological polar surface area (TPSA) is 120 Å². The molecule has 0 bridgehead atoms. The average Bonchev–Trinajstić information content (AvgIpc) is 1.70. The molecule has 0 saturated carbocycles. The first-order chi connectivity index (χ1) is 4.24. The van der Waals surface area contributed by atoms with Gasteiger partial charge in [0.1, 0.15) is 0 Å². The molecular formula is Al3GdLaO6. The van der Waals surface area contributed by atoms with Gasteiger partial charge in [-0.1, -0.05) is 0 Å². The van der Waals surface area contributed by atoms with Crippen molar-refractivity contribution in [2.24, 2.45) is 0 Å². The third kappa shape index (κ3) is 181. The van der Waals surface area contributed by atoms with Crippen molar-refractivity contribution in [3.8, 4) is 0 Å². The molecular weight excluding hydrogens is 473 g/mol. The fourth-order valence-corrected chi connectivity index (χ4v) is 0. The third-order valence-corrected chi connectivity index (χ3v) is 0. The van der Waals surface area contributed by atoms with Gasteiger partial charge in [0.15, 0.2) is 0 Å². The third-order valence-electron chi connectivity index (χ3n) is 0. The van der Waals surface area contributed by atoms with Crippen LogP contribution in [0.1, 0.15) is 0 Å². The van der Waals surface area contributed by atoms with E-state index < -0.39 is 46.5 Å². The molecule has 0 heterocycles. The van der Waals surface area contributed by atoms with E-state index in [1.165, 1.54) is 0 Å². The normalized spacial score (nSPS) is 2.18. The number of rotatable bonds is 0. The molecule has 0 rings (SSSR count). The molecule has 0 radical (unpaired) electrons. The molecule has 11 heteroatoms. The van der Waals surface area contributed by atoms with Gasteiger partial charge in [-0.05, 0) is 0 Å². The van der Waals surface area contributed by atoms with Crippen molar-refractivity contribution < 1.29 is 99.4 Å². The van der Waals surface area contributed by atoms with Gasteiger partial charge in [-0.25, -0.2) is 0 Å². The fraction of sp³-hybridized carbons (Fsp3) is 0. The monoisotopic (exact) mass is 474 g/mol. The molecule has 0 fully saturated rings. The molecule has 0 amide bonds. The zero-order valence-corrected chi connectivity index (χ0v) is 14.5. The molecule has 0 aromatic heterocycles. The summed E-state index contributed by atoms with van der Waals surface area (Å²) >= 11 is -5.25. The van der Waals surface area contributed by atoms with Crippen LogP contribution in [0.2, 0.25) is 0 Å². The zero-order valence-electron chi connectivity index (χ0n) is 5.11. The van der Waals surface area contributed by atoms with Crippen molar-refractivity contribution in [1.29, 1.82) is 0 Å². The van der Waals surface area contributed by atoms with Crippen LogP contribution in [0.4, 0.5) is 0 Å². The maximum atomic E-state index is 8.46. The second kappa shape index (κ2) is 52.4. The summed E-state index contributed by atoms with van der Waals surface area (Å²) < 4.78 is 50.8. The Morgan fingerprint density at radius 3 is 0.727 bits per heavy atom. The minimum absolute atomic E-state index is 0. The Morgan fingerprint density at radius 1 is 0.727 bits per heavy atom. The van der Waals surface area contributed by atoms with Crippen LogP contribution >= 0.6 is 0 Å². The summed E-state index contributed by atoms with van der Waals surface area (Å²) in [4.78, 5) is 0. The maximum absolute atomic E-state index is 8.46. The van der Waals surface area contributed by atoms with E-state index in [0.29, 0.717) is 0 Å². The molecule has 0 saturated heterocycles. The Morgan fingerprint density at radius 2 is 0.727 bits per heavy atom. The van der Waals surface area contributed by atoms with Crippen LogP contribution in [0.15, 0.2) is 0 Å². The second-order valence-corrected chi connectivity index (χ2v) is 0.866. The molecule has 11 heavy (non-hydrogen) atoms. The predicted octanol–water partition coefficient (Wildman–Crippen LogP) is -5.07. The summed E-state index contributed by atoms with van der Waals surface area (Å²) in [5, 5.41) is 0. The van der Waals surface area contributed by atoms with Crippen LogP contribution < -0.4 is 12.5 Å². The van der Waals surface area contributed by atoms with E-state index in [2.05, 4.69) is 0 Å². The Labute approximate surface area is 143 Å². The van der Waals surface area contributed by atoms with Crippen LogP contribution in [-0.4, -0.2) is 46.5 Å². The molecule has 0 aromatic rings. The summed E-state index contributed by atoms with van der Waals surface area (Å²) in [5.74, 6) is 0. The van der Waals surface area contributed by atoms with Gasteiger partial charge in [0.05, 0.1) is 0 Å². The first kappa shape index (κ1) is 29.2. The van der Waals surface area contributed by atoms with Crippen LogP contribution in [0.5, 0.6) is 0 Å². The SMILES string of the molecule is [Gd].[La+3].[O]=[Al][O-].[O]=[Al][O-].[O]=[Al][O-]. The first-order valence-corrected chi connectivity index (χ1v) is 4.24. The Kier molecular flexibility index (Phi) is 139. The number of hydrogen-bond donors (Lipinski definition) is 0. The standard InChI is InChI=1S/3Al.Gd.La.6O/q;;;;+3;;;;3*-1. The molecule has 56 valence electrons. The molecule has 0 aliphatic heterocycles. The molecule has 0 spiro atoms. The van der Waals surface area contributed by atoms with Gasteiger partial charge in [-0.3, -0.25) is 0 Å². The van der Waals surface area contributed by atoms with Gasteiger partial charge in [0.2, 0.25) is 0 Å². The van der Waals surface area contributed by atoms with Crippen LogP contribution in [0, 0.1) is 75.5 Å². The van der Waals surface area contributed by atoms with Crippen molar-refractivity contribution in [1.82, 2.24) is 0 Å². The van der Waals surface area contributed by atoms with Gasteiger partial charge in [-0.15, -0.1) is 0 Å². The Balaban J connectivity index is -0.0000000150. The second-order valence-electron chi connectivity index (χ2n) is 0.289. The molecule has 6 nitrogen and oxygen atoms in total. The Bertz CT molecular complexity index is 54.6. The van der Waals surface area contributed by atoms with E-state index in [0.717, 1.165) is 0 Å². The summed E-state index contributed by atoms with van der Waals surface area (Å²) in [6.07, 6.45) is 0. The van der Waals surface area contributed by atoms with Crippen molar-refractivity contribution >= 4 is 46.5 Å². The van der Waals surface area contributed by atoms with E-state index in [1.54, 1.807) is 0 Å². The van der Waals surface area contributed by atoms with Crippen molar-refractivity contribution in [3.63, 3.8) is 0 Å². The molecule has 0 aromatic carbocycles. The van der Waals surface area contributed by atoms with E-state index >= 15 is 0 Å². The summed E-state index contributed by atoms with van der Waals surface area (Å²) in [6.45, 7) is 0. The average molecular weight is 473 g/mol. The molecule has 0 atom stereocenters. The van der Waals surface area contributed by atoms with Gasteiger partial charge in [0.25, 0.3) is 0 Å².